The standard InChI is InChI=1S/C25H36N8O3/c1-25(2,3)18-6-8-19(9-7-18)31-24(35)27-11-5-12-32(17-34)14-20(36-4)10-13-33-16-30-21-22(26)28-15-29-23(21)33/h6-9,15-17,20H,5,10-14H2,1-4H3,(H2,26,28,29)(H2,27,31,35). The summed E-state index contributed by atoms with van der Waals surface area (Å²) in [5.74, 6) is 0.343. The second kappa shape index (κ2) is 12.3. The van der Waals surface area contributed by atoms with E-state index in [1.807, 2.05) is 28.8 Å². The zero-order valence-electron chi connectivity index (χ0n) is 21.4. The van der Waals surface area contributed by atoms with Crippen LogP contribution >= 0.6 is 0 Å². The van der Waals surface area contributed by atoms with Gasteiger partial charge in [0.05, 0.1) is 12.4 Å². The van der Waals surface area contributed by atoms with Crippen LogP contribution in [0.5, 0.6) is 0 Å². The maximum atomic E-state index is 12.2. The number of hydrogen-bond acceptors (Lipinski definition) is 7. The van der Waals surface area contributed by atoms with E-state index in [-0.39, 0.29) is 17.6 Å². The van der Waals surface area contributed by atoms with Crippen molar-refractivity contribution in [3.63, 3.8) is 0 Å². The molecule has 1 unspecified atom stereocenters. The predicted octanol–water partition coefficient (Wildman–Crippen LogP) is 2.78. The molecule has 4 N–H and O–H groups in total. The third-order valence-electron chi connectivity index (χ3n) is 5.96. The number of nitrogens with two attached hydrogens (primary N) is 1. The summed E-state index contributed by atoms with van der Waals surface area (Å²) in [5, 5.41) is 5.66. The van der Waals surface area contributed by atoms with E-state index in [2.05, 4.69) is 46.4 Å². The van der Waals surface area contributed by atoms with Gasteiger partial charge in [-0.3, -0.25) is 4.79 Å². The quantitative estimate of drug-likeness (QED) is 0.259. The van der Waals surface area contributed by atoms with E-state index in [9.17, 15) is 9.59 Å². The molecule has 3 aromatic rings. The Morgan fingerprint density at radius 1 is 1.22 bits per heavy atom. The molecular formula is C25H36N8O3. The Hall–Kier alpha value is -3.73. The minimum absolute atomic E-state index is 0.0599. The van der Waals surface area contributed by atoms with Gasteiger partial charge in [0.15, 0.2) is 11.5 Å². The maximum Gasteiger partial charge on any atom is 0.319 e. The molecule has 1 atom stereocenters. The van der Waals surface area contributed by atoms with Crippen molar-refractivity contribution in [1.29, 1.82) is 0 Å². The van der Waals surface area contributed by atoms with Crippen LogP contribution in [0.3, 0.4) is 0 Å². The minimum atomic E-state index is -0.275. The van der Waals surface area contributed by atoms with Crippen LogP contribution < -0.4 is 16.4 Å². The van der Waals surface area contributed by atoms with Crippen LogP contribution in [0.4, 0.5) is 16.3 Å². The molecule has 1 aromatic carbocycles. The molecule has 11 heteroatoms. The van der Waals surface area contributed by atoms with Crippen molar-refractivity contribution in [1.82, 2.24) is 29.7 Å². The molecule has 0 aliphatic heterocycles. The van der Waals surface area contributed by atoms with Crippen LogP contribution in [0.15, 0.2) is 36.9 Å². The zero-order chi connectivity index (χ0) is 26.1. The first-order valence-electron chi connectivity index (χ1n) is 12.0. The number of urea groups is 1. The van der Waals surface area contributed by atoms with E-state index >= 15 is 0 Å². The lowest BCUT2D eigenvalue weighted by Gasteiger charge is -2.23. The highest BCUT2D eigenvalue weighted by Crippen LogP contribution is 2.23. The topological polar surface area (TPSA) is 140 Å². The number of fused-ring (bicyclic) bond motifs is 1. The van der Waals surface area contributed by atoms with Gasteiger partial charge < -0.3 is 30.6 Å². The number of anilines is 2. The summed E-state index contributed by atoms with van der Waals surface area (Å²) in [5.41, 5.74) is 9.07. The molecule has 194 valence electrons. The smallest absolute Gasteiger partial charge is 0.319 e. The van der Waals surface area contributed by atoms with Crippen LogP contribution in [-0.2, 0) is 21.5 Å². The van der Waals surface area contributed by atoms with E-state index in [0.29, 0.717) is 56.0 Å². The van der Waals surface area contributed by atoms with Crippen molar-refractivity contribution in [2.75, 3.05) is 37.8 Å². The molecule has 0 aliphatic carbocycles. The van der Waals surface area contributed by atoms with E-state index in [0.717, 1.165) is 12.1 Å². The highest BCUT2D eigenvalue weighted by molar-refractivity contribution is 5.89. The molecule has 0 fully saturated rings. The number of amides is 3. The van der Waals surface area contributed by atoms with Crippen LogP contribution in [0.2, 0.25) is 0 Å². The van der Waals surface area contributed by atoms with Crippen molar-refractivity contribution in [3.8, 4) is 0 Å². The molecule has 0 bridgehead atoms. The molecule has 0 saturated heterocycles. The summed E-state index contributed by atoms with van der Waals surface area (Å²) >= 11 is 0. The zero-order valence-corrected chi connectivity index (χ0v) is 21.4. The highest BCUT2D eigenvalue weighted by Gasteiger charge is 2.15. The summed E-state index contributed by atoms with van der Waals surface area (Å²) in [6.07, 6.45) is 5.01. The SMILES string of the molecule is COC(CCn1cnc2c(N)ncnc21)CN(C=O)CCCNC(=O)Nc1ccc(C(C)(C)C)cc1. The number of benzene rings is 1. The molecule has 11 nitrogen and oxygen atoms in total. The lowest BCUT2D eigenvalue weighted by Crippen LogP contribution is -2.36. The Morgan fingerprint density at radius 2 is 1.97 bits per heavy atom. The van der Waals surface area contributed by atoms with Crippen LogP contribution in [-0.4, -0.2) is 69.7 Å². The second-order valence-corrected chi connectivity index (χ2v) is 9.68. The molecule has 0 spiro atoms. The number of nitrogens with zero attached hydrogens (tertiary/aromatic N) is 5. The van der Waals surface area contributed by atoms with Gasteiger partial charge >= 0.3 is 6.03 Å². The third kappa shape index (κ3) is 7.38. The van der Waals surface area contributed by atoms with Crippen molar-refractivity contribution in [2.45, 2.75) is 51.7 Å². The van der Waals surface area contributed by atoms with Crippen LogP contribution in [0.25, 0.3) is 11.2 Å². The summed E-state index contributed by atoms with van der Waals surface area (Å²) < 4.78 is 7.48. The molecular weight excluding hydrogens is 460 g/mol. The molecule has 0 aliphatic rings. The van der Waals surface area contributed by atoms with Gasteiger partial charge in [-0.1, -0.05) is 32.9 Å². The number of carbonyl (C=O) groups excluding carboxylic acids is 2. The first-order chi connectivity index (χ1) is 17.2. The Balaban J connectivity index is 1.39. The normalized spacial score (nSPS) is 12.3. The second-order valence-electron chi connectivity index (χ2n) is 9.68. The molecule has 3 amide bonds. The van der Waals surface area contributed by atoms with E-state index in [1.165, 1.54) is 11.9 Å². The largest absolute Gasteiger partial charge is 0.382 e. The fraction of sp³-hybridized carbons (Fsp3) is 0.480. The summed E-state index contributed by atoms with van der Waals surface area (Å²) in [6, 6.07) is 7.55. The highest BCUT2D eigenvalue weighted by atomic mass is 16.5. The van der Waals surface area contributed by atoms with Gasteiger partial charge in [-0.2, -0.15) is 0 Å². The Kier molecular flexibility index (Phi) is 9.18. The summed E-state index contributed by atoms with van der Waals surface area (Å²) in [6.45, 7) is 8.43. The molecule has 2 heterocycles. The Bertz CT molecular complexity index is 1140. The number of nitrogens with one attached hydrogen (secondary N) is 2. The summed E-state index contributed by atoms with van der Waals surface area (Å²) in [7, 11) is 1.62. The number of nitrogen functional groups attached to an aromatic ring is 1. The predicted molar refractivity (Wildman–Crippen MR) is 140 cm³/mol. The monoisotopic (exact) mass is 496 g/mol. The number of rotatable bonds is 12. The van der Waals surface area contributed by atoms with Gasteiger partial charge in [0.2, 0.25) is 6.41 Å². The number of aryl methyl sites for hydroxylation is 1. The first-order valence-corrected chi connectivity index (χ1v) is 12.0. The van der Waals surface area contributed by atoms with Crippen molar-refractivity contribution < 1.29 is 14.3 Å². The van der Waals surface area contributed by atoms with E-state index < -0.39 is 0 Å². The fourth-order valence-corrected chi connectivity index (χ4v) is 3.79. The van der Waals surface area contributed by atoms with Crippen molar-refractivity contribution in [3.05, 3.63) is 42.5 Å². The van der Waals surface area contributed by atoms with Gasteiger partial charge in [0, 0.05) is 39.0 Å². The lowest BCUT2D eigenvalue weighted by atomic mass is 9.87. The molecule has 2 aromatic heterocycles. The maximum absolute atomic E-state index is 12.2. The van der Waals surface area contributed by atoms with Gasteiger partial charge in [0.1, 0.15) is 11.8 Å². The third-order valence-corrected chi connectivity index (χ3v) is 5.96. The first kappa shape index (κ1) is 26.9. The fourth-order valence-electron chi connectivity index (χ4n) is 3.79. The lowest BCUT2D eigenvalue weighted by molar-refractivity contribution is -0.119. The number of methoxy groups -OCH3 is 1. The molecule has 36 heavy (non-hydrogen) atoms. The van der Waals surface area contributed by atoms with Crippen LogP contribution in [0, 0.1) is 0 Å². The minimum Gasteiger partial charge on any atom is -0.382 e. The van der Waals surface area contributed by atoms with Gasteiger partial charge in [0.25, 0.3) is 0 Å². The van der Waals surface area contributed by atoms with Gasteiger partial charge in [-0.15, -0.1) is 0 Å². The summed E-state index contributed by atoms with van der Waals surface area (Å²) in [4.78, 5) is 37.9. The molecule has 3 rings (SSSR count). The average Bonchev–Trinajstić information content (AvgIpc) is 3.27. The Morgan fingerprint density at radius 3 is 2.64 bits per heavy atom. The number of imidazole rings is 1. The van der Waals surface area contributed by atoms with Crippen molar-refractivity contribution >= 4 is 35.1 Å². The van der Waals surface area contributed by atoms with E-state index in [4.69, 9.17) is 10.5 Å². The van der Waals surface area contributed by atoms with Gasteiger partial charge in [-0.25, -0.2) is 19.7 Å². The molecule has 0 saturated carbocycles. The Labute approximate surface area is 211 Å². The van der Waals surface area contributed by atoms with E-state index in [1.54, 1.807) is 18.3 Å². The number of carbonyl (C=O) groups is 2. The number of ether oxygens (including phenoxy) is 1. The molecule has 0 radical (unpaired) electrons. The van der Waals surface area contributed by atoms with Crippen molar-refractivity contribution in [2.24, 2.45) is 0 Å². The van der Waals surface area contributed by atoms with Crippen LogP contribution in [0.1, 0.15) is 39.2 Å². The number of hydrogen-bond donors (Lipinski definition) is 3. The van der Waals surface area contributed by atoms with Gasteiger partial charge in [-0.05, 0) is 36.0 Å². The number of aromatic nitrogens is 4. The average molecular weight is 497 g/mol.